The molecule has 7 rings (SSSR count). The molecule has 0 aliphatic heterocycles. The molecule has 3 aromatic rings. The molecule has 2 saturated carbocycles. The first-order valence-corrected chi connectivity index (χ1v) is 11.2. The number of halogens is 2. The summed E-state index contributed by atoms with van der Waals surface area (Å²) in [6, 6.07) is 6.99. The molecular weight excluding hydrogens is 442 g/mol. The molecule has 1 N–H and O–H groups in total. The zero-order valence-electron chi connectivity index (χ0n) is 18.4. The van der Waals surface area contributed by atoms with E-state index in [4.69, 9.17) is 4.52 Å². The lowest BCUT2D eigenvalue weighted by atomic mass is 9.65. The Labute approximate surface area is 194 Å². The molecule has 1 aromatic carbocycles. The highest BCUT2D eigenvalue weighted by molar-refractivity contribution is 5.92. The van der Waals surface area contributed by atoms with Crippen molar-refractivity contribution < 1.29 is 23.2 Å². The number of carbonyl (C=O) groups is 1. The lowest BCUT2D eigenvalue weighted by molar-refractivity contribution is 0.0650. The third-order valence-corrected chi connectivity index (χ3v) is 7.58. The van der Waals surface area contributed by atoms with E-state index in [-0.39, 0.29) is 54.4 Å². The lowest BCUT2D eigenvalue weighted by Crippen LogP contribution is -2.50. The molecule has 0 saturated heterocycles. The fourth-order valence-electron chi connectivity index (χ4n) is 5.96. The molecule has 9 heteroatoms. The monoisotopic (exact) mass is 464 g/mol. The van der Waals surface area contributed by atoms with Crippen LogP contribution in [0.2, 0.25) is 0 Å². The molecule has 4 aliphatic rings. The number of carbonyl (C=O) groups excluding carboxylic acids is 1. The molecule has 3 atom stereocenters. The quantitative estimate of drug-likeness (QED) is 0.540. The van der Waals surface area contributed by atoms with Crippen LogP contribution in [-0.4, -0.2) is 51.0 Å². The van der Waals surface area contributed by atoms with Gasteiger partial charge in [-0.15, -0.1) is 11.7 Å². The number of aryl methyl sites for hydroxylation is 1. The molecule has 2 unspecified atom stereocenters. The van der Waals surface area contributed by atoms with Crippen LogP contribution in [0.15, 0.2) is 47.5 Å². The number of aromatic nitrogens is 3. The Hall–Kier alpha value is -3.46. The number of hydrogen-bond acceptors (Lipinski definition) is 6. The zero-order valence-corrected chi connectivity index (χ0v) is 18.4. The van der Waals surface area contributed by atoms with Crippen LogP contribution in [-0.2, 0) is 5.41 Å². The SMILES string of the molecule is C=C[C@@]1(CN(CCO)C(=O)c2cc(C)on2)c2nnc(-c3c(F)cccc3F)cc2C2C3C2C31. The molecule has 174 valence electrons. The molecule has 0 spiro atoms. The van der Waals surface area contributed by atoms with Gasteiger partial charge in [0, 0.05) is 19.2 Å². The van der Waals surface area contributed by atoms with Gasteiger partial charge in [0.15, 0.2) is 5.69 Å². The molecule has 7 nitrogen and oxygen atoms in total. The molecule has 2 heterocycles. The van der Waals surface area contributed by atoms with Crippen LogP contribution in [0.1, 0.15) is 33.4 Å². The molecule has 4 aliphatic carbocycles. The summed E-state index contributed by atoms with van der Waals surface area (Å²) in [5, 5.41) is 22.1. The summed E-state index contributed by atoms with van der Waals surface area (Å²) in [6.07, 6.45) is 1.81. The van der Waals surface area contributed by atoms with Crippen molar-refractivity contribution in [1.29, 1.82) is 0 Å². The van der Waals surface area contributed by atoms with Gasteiger partial charge >= 0.3 is 0 Å². The molecule has 0 radical (unpaired) electrons. The fraction of sp³-hybridized carbons (Fsp3) is 0.360. The van der Waals surface area contributed by atoms with Gasteiger partial charge in [0.25, 0.3) is 5.91 Å². The fourth-order valence-corrected chi connectivity index (χ4v) is 5.96. The number of aliphatic hydroxyl groups is 1. The van der Waals surface area contributed by atoms with Gasteiger partial charge in [-0.25, -0.2) is 8.78 Å². The van der Waals surface area contributed by atoms with Gasteiger partial charge in [-0.3, -0.25) is 4.79 Å². The van der Waals surface area contributed by atoms with Crippen LogP contribution in [0.5, 0.6) is 0 Å². The number of nitrogens with zero attached hydrogens (tertiary/aromatic N) is 4. The summed E-state index contributed by atoms with van der Waals surface area (Å²) in [4.78, 5) is 14.7. The Morgan fingerprint density at radius 2 is 2.00 bits per heavy atom. The summed E-state index contributed by atoms with van der Waals surface area (Å²) < 4.78 is 33.9. The Morgan fingerprint density at radius 1 is 1.26 bits per heavy atom. The van der Waals surface area contributed by atoms with Crippen molar-refractivity contribution in [2.45, 2.75) is 18.3 Å². The predicted octanol–water partition coefficient (Wildman–Crippen LogP) is 3.25. The minimum absolute atomic E-state index is 0.104. The molecule has 2 aromatic heterocycles. The van der Waals surface area contributed by atoms with Crippen molar-refractivity contribution in [3.05, 3.63) is 77.3 Å². The Bertz CT molecular complexity index is 1310. The van der Waals surface area contributed by atoms with Crippen LogP contribution in [0.4, 0.5) is 8.78 Å². The summed E-state index contributed by atoms with van der Waals surface area (Å²) in [6.45, 7) is 5.90. The largest absolute Gasteiger partial charge is 0.395 e. The first-order chi connectivity index (χ1) is 16.4. The van der Waals surface area contributed by atoms with E-state index in [9.17, 15) is 18.7 Å². The maximum Gasteiger partial charge on any atom is 0.276 e. The number of aliphatic hydroxyl groups excluding tert-OH is 1. The van der Waals surface area contributed by atoms with E-state index in [1.54, 1.807) is 19.1 Å². The third kappa shape index (κ3) is 2.82. The molecule has 2 bridgehead atoms. The zero-order chi connectivity index (χ0) is 23.8. The van der Waals surface area contributed by atoms with E-state index in [1.165, 1.54) is 23.1 Å². The standard InChI is InChI=1S/C25H22F2N4O3/c1-3-25(11-31(7-8-32)24(33)17-9-12(2)34-30-17)22-20-18(21(20)22)13-10-16(28-29-23(13)25)19-14(26)5-4-6-15(19)27/h3-6,9-10,18,20-22,32H,1,7-8,11H2,2H3/t18?,20?,21?,22?,25-/m0/s1. The second-order valence-electron chi connectivity index (χ2n) is 9.35. The Balaban J connectivity index is 1.40. The topological polar surface area (TPSA) is 92.3 Å². The van der Waals surface area contributed by atoms with E-state index in [1.807, 2.05) is 6.08 Å². The third-order valence-electron chi connectivity index (χ3n) is 7.58. The van der Waals surface area contributed by atoms with Crippen LogP contribution in [0.3, 0.4) is 0 Å². The highest BCUT2D eigenvalue weighted by Gasteiger charge is 2.82. The maximum atomic E-state index is 14.4. The van der Waals surface area contributed by atoms with Crippen molar-refractivity contribution >= 4 is 5.91 Å². The highest BCUT2D eigenvalue weighted by atomic mass is 19.1. The van der Waals surface area contributed by atoms with Gasteiger partial charge in [-0.2, -0.15) is 5.10 Å². The van der Waals surface area contributed by atoms with E-state index in [0.29, 0.717) is 23.3 Å². The number of hydrogen-bond donors (Lipinski definition) is 1. The number of benzene rings is 1. The molecule has 2 fully saturated rings. The maximum absolute atomic E-state index is 14.4. The normalized spacial score (nSPS) is 27.5. The highest BCUT2D eigenvalue weighted by Crippen LogP contribution is 2.85. The van der Waals surface area contributed by atoms with Crippen molar-refractivity contribution in [2.24, 2.45) is 17.8 Å². The average molecular weight is 464 g/mol. The Kier molecular flexibility index (Phi) is 4.51. The van der Waals surface area contributed by atoms with Crippen molar-refractivity contribution in [1.82, 2.24) is 20.3 Å². The summed E-state index contributed by atoms with van der Waals surface area (Å²) >= 11 is 0. The summed E-state index contributed by atoms with van der Waals surface area (Å²) in [5.74, 6) is 0.171. The van der Waals surface area contributed by atoms with Gasteiger partial charge in [-0.1, -0.05) is 17.3 Å². The van der Waals surface area contributed by atoms with Gasteiger partial charge < -0.3 is 14.5 Å². The lowest BCUT2D eigenvalue weighted by Gasteiger charge is -2.43. The molecular formula is C25H22F2N4O3. The van der Waals surface area contributed by atoms with Gasteiger partial charge in [0.2, 0.25) is 0 Å². The van der Waals surface area contributed by atoms with Gasteiger partial charge in [0.05, 0.1) is 29.0 Å². The van der Waals surface area contributed by atoms with E-state index in [0.717, 1.165) is 5.56 Å². The predicted molar refractivity (Wildman–Crippen MR) is 117 cm³/mol. The van der Waals surface area contributed by atoms with Gasteiger partial charge in [0.1, 0.15) is 17.4 Å². The number of rotatable bonds is 7. The first-order valence-electron chi connectivity index (χ1n) is 11.2. The molecule has 1 amide bonds. The summed E-state index contributed by atoms with van der Waals surface area (Å²) in [7, 11) is 0. The van der Waals surface area contributed by atoms with Crippen molar-refractivity contribution in [3.63, 3.8) is 0 Å². The smallest absolute Gasteiger partial charge is 0.276 e. The van der Waals surface area contributed by atoms with Crippen LogP contribution in [0, 0.1) is 36.3 Å². The van der Waals surface area contributed by atoms with Crippen molar-refractivity contribution in [3.8, 4) is 11.3 Å². The van der Waals surface area contributed by atoms with Crippen molar-refractivity contribution in [2.75, 3.05) is 19.7 Å². The van der Waals surface area contributed by atoms with Crippen LogP contribution < -0.4 is 0 Å². The minimum atomic E-state index is -0.693. The van der Waals surface area contributed by atoms with Crippen LogP contribution >= 0.6 is 0 Å². The summed E-state index contributed by atoms with van der Waals surface area (Å²) in [5.41, 5.74) is 1.02. The second-order valence-corrected chi connectivity index (χ2v) is 9.35. The van der Waals surface area contributed by atoms with Crippen LogP contribution in [0.25, 0.3) is 11.3 Å². The van der Waals surface area contributed by atoms with E-state index < -0.39 is 17.0 Å². The van der Waals surface area contributed by atoms with Gasteiger partial charge in [-0.05, 0) is 54.4 Å². The van der Waals surface area contributed by atoms with E-state index in [2.05, 4.69) is 21.9 Å². The average Bonchev–Trinajstić information content (AvgIpc) is 3.70. The van der Waals surface area contributed by atoms with E-state index >= 15 is 0 Å². The first kappa shape index (κ1) is 21.1. The molecule has 34 heavy (non-hydrogen) atoms. The Morgan fingerprint density at radius 3 is 2.62 bits per heavy atom. The number of amides is 1. The second kappa shape index (κ2) is 7.27. The minimum Gasteiger partial charge on any atom is -0.395 e.